The molecule has 8 nitrogen and oxygen atoms in total. The van der Waals surface area contributed by atoms with Gasteiger partial charge >= 0.3 is 5.97 Å². The second-order valence-corrected chi connectivity index (χ2v) is 7.08. The number of rotatable bonds is 7. The quantitative estimate of drug-likeness (QED) is 0.317. The summed E-state index contributed by atoms with van der Waals surface area (Å²) in [6, 6.07) is 4.84. The average Bonchev–Trinajstić information content (AvgIpc) is 2.82. The minimum Gasteiger partial charge on any atom is -0.546 e. The van der Waals surface area contributed by atoms with E-state index in [1.54, 1.807) is 25.1 Å². The van der Waals surface area contributed by atoms with Crippen molar-refractivity contribution in [3.05, 3.63) is 32.2 Å². The zero-order valence-corrected chi connectivity index (χ0v) is 16.5. The summed E-state index contributed by atoms with van der Waals surface area (Å²) in [5.41, 5.74) is 0.622. The molecule has 0 radical (unpaired) electrons. The van der Waals surface area contributed by atoms with Crippen LogP contribution < -0.4 is 9.84 Å². The lowest BCUT2D eigenvalue weighted by atomic mass is 10.2. The molecule has 1 aromatic carbocycles. The van der Waals surface area contributed by atoms with E-state index in [0.29, 0.717) is 14.9 Å². The first kappa shape index (κ1) is 20.2. The Kier molecular flexibility index (Phi) is 7.03. The summed E-state index contributed by atoms with van der Waals surface area (Å²) in [4.78, 5) is 47.2. The van der Waals surface area contributed by atoms with E-state index in [1.807, 2.05) is 22.6 Å². The summed E-state index contributed by atoms with van der Waals surface area (Å²) in [5, 5.41) is 9.89. The maximum atomic E-state index is 12.3. The molecule has 1 saturated heterocycles. The van der Waals surface area contributed by atoms with E-state index >= 15 is 0 Å². The summed E-state index contributed by atoms with van der Waals surface area (Å²) >= 11 is 2.69. The molecular weight excluding hydrogens is 477 g/mol. The molecule has 0 atom stereocenters. The Bertz CT molecular complexity index is 793. The molecule has 2 rings (SSSR count). The number of hydrogen-bond donors (Lipinski definition) is 0. The van der Waals surface area contributed by atoms with Crippen LogP contribution in [0.5, 0.6) is 5.75 Å². The lowest BCUT2D eigenvalue weighted by Crippen LogP contribution is -2.34. The molecule has 138 valence electrons. The number of nitrogens with zero attached hydrogens (tertiary/aromatic N) is 1. The third kappa shape index (κ3) is 5.21. The van der Waals surface area contributed by atoms with Crippen molar-refractivity contribution < 1.29 is 33.8 Å². The maximum absolute atomic E-state index is 12.3. The molecule has 2 amide bonds. The Labute approximate surface area is 166 Å². The Morgan fingerprint density at radius 3 is 2.69 bits per heavy atom. The smallest absolute Gasteiger partial charge is 0.326 e. The number of thioether (sulfide) groups is 1. The molecule has 0 aliphatic carbocycles. The normalized spacial score (nSPS) is 15.5. The van der Waals surface area contributed by atoms with Crippen molar-refractivity contribution in [2.45, 2.75) is 6.92 Å². The van der Waals surface area contributed by atoms with E-state index in [0.717, 1.165) is 16.7 Å². The van der Waals surface area contributed by atoms with Crippen molar-refractivity contribution >= 4 is 63.5 Å². The zero-order valence-electron chi connectivity index (χ0n) is 13.5. The molecule has 0 bridgehead atoms. The van der Waals surface area contributed by atoms with Crippen molar-refractivity contribution in [3.63, 3.8) is 0 Å². The minimum atomic E-state index is -1.33. The molecule has 10 heteroatoms. The molecule has 0 N–H and O–H groups in total. The van der Waals surface area contributed by atoms with Crippen LogP contribution in [-0.2, 0) is 19.1 Å². The predicted molar refractivity (Wildman–Crippen MR) is 99.0 cm³/mol. The number of hydrogen-bond acceptors (Lipinski definition) is 8. The number of aliphatic carboxylic acids is 1. The van der Waals surface area contributed by atoms with Crippen molar-refractivity contribution in [3.8, 4) is 5.75 Å². The van der Waals surface area contributed by atoms with Crippen LogP contribution in [0.1, 0.15) is 12.5 Å². The number of halogens is 1. The number of imide groups is 1. The van der Waals surface area contributed by atoms with Crippen LogP contribution in [0.2, 0.25) is 0 Å². The second-order valence-electron chi connectivity index (χ2n) is 4.92. The third-order valence-electron chi connectivity index (χ3n) is 3.07. The van der Waals surface area contributed by atoms with Crippen LogP contribution in [0.4, 0.5) is 4.79 Å². The van der Waals surface area contributed by atoms with Gasteiger partial charge in [0, 0.05) is 0 Å². The van der Waals surface area contributed by atoms with Crippen molar-refractivity contribution in [1.29, 1.82) is 0 Å². The first-order valence-electron chi connectivity index (χ1n) is 7.35. The molecule has 0 spiro atoms. The summed E-state index contributed by atoms with van der Waals surface area (Å²) in [6.07, 6.45) is 1.51. The number of carbonyl (C=O) groups excluding carboxylic acids is 4. The van der Waals surface area contributed by atoms with E-state index in [2.05, 4.69) is 0 Å². The average molecular weight is 490 g/mol. The van der Waals surface area contributed by atoms with Gasteiger partial charge in [-0.25, -0.2) is 0 Å². The lowest BCUT2D eigenvalue weighted by Gasteiger charge is -2.11. The van der Waals surface area contributed by atoms with E-state index in [4.69, 9.17) is 9.47 Å². The highest BCUT2D eigenvalue weighted by atomic mass is 127. The lowest BCUT2D eigenvalue weighted by molar-refractivity contribution is -0.307. The first-order chi connectivity index (χ1) is 12.3. The van der Waals surface area contributed by atoms with Gasteiger partial charge in [-0.15, -0.1) is 0 Å². The first-order valence-corrected chi connectivity index (χ1v) is 9.24. The molecular formula is C16H13INO7S-. The van der Waals surface area contributed by atoms with Gasteiger partial charge in [0.25, 0.3) is 11.1 Å². The van der Waals surface area contributed by atoms with Gasteiger partial charge in [0.15, 0.2) is 0 Å². The summed E-state index contributed by atoms with van der Waals surface area (Å²) in [7, 11) is 0. The van der Waals surface area contributed by atoms with Gasteiger partial charge in [0.2, 0.25) is 0 Å². The predicted octanol–water partition coefficient (Wildman–Crippen LogP) is 1.02. The van der Waals surface area contributed by atoms with Gasteiger partial charge < -0.3 is 19.4 Å². The number of carboxylic acids is 1. The van der Waals surface area contributed by atoms with Gasteiger partial charge in [-0.05, 0) is 65.0 Å². The van der Waals surface area contributed by atoms with E-state index in [1.165, 1.54) is 6.08 Å². The Hall–Kier alpha value is -2.08. The fourth-order valence-electron chi connectivity index (χ4n) is 1.98. The number of carbonyl (C=O) groups is 4. The van der Waals surface area contributed by atoms with Gasteiger partial charge in [-0.1, -0.05) is 6.07 Å². The van der Waals surface area contributed by atoms with Crippen LogP contribution in [-0.4, -0.2) is 47.7 Å². The number of ether oxygens (including phenoxy) is 2. The number of benzene rings is 1. The van der Waals surface area contributed by atoms with Crippen molar-refractivity contribution in [2.75, 3.05) is 19.8 Å². The monoisotopic (exact) mass is 490 g/mol. The van der Waals surface area contributed by atoms with Gasteiger partial charge in [0.05, 0.1) is 21.1 Å². The van der Waals surface area contributed by atoms with Crippen LogP contribution in [0, 0.1) is 3.57 Å². The number of esters is 1. The zero-order chi connectivity index (χ0) is 19.3. The van der Waals surface area contributed by atoms with Crippen LogP contribution >= 0.6 is 34.4 Å². The third-order valence-corrected chi connectivity index (χ3v) is 4.82. The minimum absolute atomic E-state index is 0.162. The molecule has 1 aliphatic heterocycles. The van der Waals surface area contributed by atoms with Gasteiger partial charge in [-0.2, -0.15) is 0 Å². The van der Waals surface area contributed by atoms with Crippen LogP contribution in [0.25, 0.3) is 6.08 Å². The maximum Gasteiger partial charge on any atom is 0.326 e. The number of carboxylic acid groups (broad SMARTS) is 1. The molecule has 1 aromatic rings. The Morgan fingerprint density at radius 1 is 1.35 bits per heavy atom. The van der Waals surface area contributed by atoms with Gasteiger partial charge in [0.1, 0.15) is 18.9 Å². The summed E-state index contributed by atoms with van der Waals surface area (Å²) in [5.74, 6) is -2.19. The highest BCUT2D eigenvalue weighted by Gasteiger charge is 2.36. The van der Waals surface area contributed by atoms with E-state index < -0.39 is 36.2 Å². The second kappa shape index (κ2) is 9.03. The molecule has 1 fully saturated rings. The number of amides is 2. The van der Waals surface area contributed by atoms with Gasteiger partial charge in [-0.3, -0.25) is 19.3 Å². The summed E-state index contributed by atoms with van der Waals surface area (Å²) in [6.45, 7) is 0.800. The largest absolute Gasteiger partial charge is 0.546 e. The molecule has 1 aliphatic rings. The standard InChI is InChI=1S/C16H14INO7S/c1-2-24-14(21)7-18-15(22)12(26-16(18)23)6-9-3-4-11(10(17)5-9)25-8-13(19)20/h3-6H,2,7-8H2,1H3,(H,19,20)/p-1/b12-6-. The Balaban J connectivity index is 2.13. The SMILES string of the molecule is CCOC(=O)CN1C(=O)S/C(=C\c2ccc(OCC(=O)[O-])c(I)c2)C1=O. The molecule has 1 heterocycles. The molecule has 0 saturated carbocycles. The fourth-order valence-corrected chi connectivity index (χ4v) is 3.52. The Morgan fingerprint density at radius 2 is 2.08 bits per heavy atom. The summed E-state index contributed by atoms with van der Waals surface area (Å²) < 4.78 is 10.4. The van der Waals surface area contributed by atoms with Crippen LogP contribution in [0.3, 0.4) is 0 Å². The van der Waals surface area contributed by atoms with Crippen LogP contribution in [0.15, 0.2) is 23.1 Å². The fraction of sp³-hybridized carbons (Fsp3) is 0.250. The topological polar surface area (TPSA) is 113 Å². The molecule has 0 unspecified atom stereocenters. The highest BCUT2D eigenvalue weighted by molar-refractivity contribution is 14.1. The molecule has 26 heavy (non-hydrogen) atoms. The highest BCUT2D eigenvalue weighted by Crippen LogP contribution is 2.33. The van der Waals surface area contributed by atoms with E-state index in [9.17, 15) is 24.3 Å². The van der Waals surface area contributed by atoms with E-state index in [-0.39, 0.29) is 11.5 Å². The molecule has 0 aromatic heterocycles. The van der Waals surface area contributed by atoms with Crippen molar-refractivity contribution in [2.24, 2.45) is 0 Å². The van der Waals surface area contributed by atoms with Crippen molar-refractivity contribution in [1.82, 2.24) is 4.90 Å².